The third kappa shape index (κ3) is 5.75. The summed E-state index contributed by atoms with van der Waals surface area (Å²) in [7, 11) is 1.55. The number of nitrogens with zero attached hydrogens (tertiary/aromatic N) is 1. The SMILES string of the molecule is CCC(CC)N(CCOC)C(=O)NCC(C)(O)C(=O)O. The number of carboxylic acid groups (broad SMARTS) is 1. The Labute approximate surface area is 119 Å². The molecule has 0 rings (SSSR count). The lowest BCUT2D eigenvalue weighted by atomic mass is 10.1. The van der Waals surface area contributed by atoms with Crippen LogP contribution in [0.3, 0.4) is 0 Å². The molecule has 1 unspecified atom stereocenters. The molecular weight excluding hydrogens is 264 g/mol. The van der Waals surface area contributed by atoms with Crippen molar-refractivity contribution in [3.63, 3.8) is 0 Å². The predicted molar refractivity (Wildman–Crippen MR) is 74.6 cm³/mol. The van der Waals surface area contributed by atoms with E-state index in [2.05, 4.69) is 5.32 Å². The summed E-state index contributed by atoms with van der Waals surface area (Å²) in [6.45, 7) is 5.59. The number of hydrogen-bond acceptors (Lipinski definition) is 4. The first-order valence-corrected chi connectivity index (χ1v) is 6.79. The lowest BCUT2D eigenvalue weighted by Crippen LogP contribution is -2.53. The minimum Gasteiger partial charge on any atom is -0.479 e. The van der Waals surface area contributed by atoms with Crippen molar-refractivity contribution in [1.82, 2.24) is 10.2 Å². The number of carboxylic acids is 1. The summed E-state index contributed by atoms with van der Waals surface area (Å²) >= 11 is 0. The van der Waals surface area contributed by atoms with Gasteiger partial charge in [0.25, 0.3) is 0 Å². The zero-order valence-corrected chi connectivity index (χ0v) is 12.7. The lowest BCUT2D eigenvalue weighted by Gasteiger charge is -2.31. The molecule has 7 heteroatoms. The average Bonchev–Trinajstić information content (AvgIpc) is 2.40. The number of carbonyl (C=O) groups excluding carboxylic acids is 1. The predicted octanol–water partition coefficient (Wildman–Crippen LogP) is 0.669. The normalized spacial score (nSPS) is 13.9. The van der Waals surface area contributed by atoms with Crippen LogP contribution >= 0.6 is 0 Å². The molecule has 20 heavy (non-hydrogen) atoms. The van der Waals surface area contributed by atoms with Crippen molar-refractivity contribution in [3.8, 4) is 0 Å². The van der Waals surface area contributed by atoms with Gasteiger partial charge in [-0.3, -0.25) is 0 Å². The van der Waals surface area contributed by atoms with E-state index in [1.807, 2.05) is 13.8 Å². The van der Waals surface area contributed by atoms with E-state index in [0.29, 0.717) is 13.2 Å². The fourth-order valence-corrected chi connectivity index (χ4v) is 1.79. The van der Waals surface area contributed by atoms with E-state index in [4.69, 9.17) is 9.84 Å². The second-order valence-electron chi connectivity index (χ2n) is 4.89. The fourth-order valence-electron chi connectivity index (χ4n) is 1.79. The maximum Gasteiger partial charge on any atom is 0.337 e. The maximum absolute atomic E-state index is 12.1. The topological polar surface area (TPSA) is 99.1 Å². The van der Waals surface area contributed by atoms with Crippen LogP contribution in [0.25, 0.3) is 0 Å². The Morgan fingerprint density at radius 3 is 2.30 bits per heavy atom. The van der Waals surface area contributed by atoms with Gasteiger partial charge in [0.1, 0.15) is 0 Å². The number of hydrogen-bond donors (Lipinski definition) is 3. The number of methoxy groups -OCH3 is 1. The van der Waals surface area contributed by atoms with Crippen molar-refractivity contribution < 1.29 is 24.5 Å². The van der Waals surface area contributed by atoms with E-state index in [1.165, 1.54) is 0 Å². The van der Waals surface area contributed by atoms with Crippen molar-refractivity contribution >= 4 is 12.0 Å². The molecule has 0 aromatic rings. The first-order chi connectivity index (χ1) is 9.30. The number of amides is 2. The van der Waals surface area contributed by atoms with Crippen LogP contribution in [-0.2, 0) is 9.53 Å². The highest BCUT2D eigenvalue weighted by molar-refractivity contribution is 5.79. The van der Waals surface area contributed by atoms with Gasteiger partial charge in [0, 0.05) is 19.7 Å². The van der Waals surface area contributed by atoms with Gasteiger partial charge in [-0.2, -0.15) is 0 Å². The van der Waals surface area contributed by atoms with E-state index in [1.54, 1.807) is 12.0 Å². The molecule has 0 radical (unpaired) electrons. The zero-order valence-electron chi connectivity index (χ0n) is 12.7. The van der Waals surface area contributed by atoms with Crippen LogP contribution in [0.2, 0.25) is 0 Å². The van der Waals surface area contributed by atoms with Gasteiger partial charge in [0.05, 0.1) is 13.2 Å². The van der Waals surface area contributed by atoms with Crippen LogP contribution < -0.4 is 5.32 Å². The van der Waals surface area contributed by atoms with Crippen LogP contribution in [0.4, 0.5) is 4.79 Å². The number of aliphatic carboxylic acids is 1. The molecule has 3 N–H and O–H groups in total. The van der Waals surface area contributed by atoms with Crippen molar-refractivity contribution in [2.45, 2.75) is 45.3 Å². The highest BCUT2D eigenvalue weighted by Gasteiger charge is 2.31. The van der Waals surface area contributed by atoms with Gasteiger partial charge in [0.15, 0.2) is 5.60 Å². The Morgan fingerprint density at radius 2 is 1.90 bits per heavy atom. The fraction of sp³-hybridized carbons (Fsp3) is 0.846. The molecule has 0 bridgehead atoms. The van der Waals surface area contributed by atoms with Gasteiger partial charge in [-0.15, -0.1) is 0 Å². The minimum atomic E-state index is -1.98. The van der Waals surface area contributed by atoms with Crippen molar-refractivity contribution in [3.05, 3.63) is 0 Å². The second kappa shape index (κ2) is 8.76. The largest absolute Gasteiger partial charge is 0.479 e. The second-order valence-corrected chi connectivity index (χ2v) is 4.89. The molecule has 7 nitrogen and oxygen atoms in total. The van der Waals surface area contributed by atoms with E-state index in [-0.39, 0.29) is 12.6 Å². The lowest BCUT2D eigenvalue weighted by molar-refractivity contribution is -0.155. The molecule has 0 saturated carbocycles. The van der Waals surface area contributed by atoms with Gasteiger partial charge in [-0.1, -0.05) is 13.8 Å². The number of ether oxygens (including phenoxy) is 1. The quantitative estimate of drug-likeness (QED) is 0.579. The van der Waals surface area contributed by atoms with E-state index in [9.17, 15) is 14.7 Å². The van der Waals surface area contributed by atoms with Gasteiger partial charge in [-0.05, 0) is 19.8 Å². The molecular formula is C13H26N2O5. The third-order valence-corrected chi connectivity index (χ3v) is 3.23. The summed E-state index contributed by atoms with van der Waals surface area (Å²) in [6, 6.07) is -0.336. The summed E-state index contributed by atoms with van der Waals surface area (Å²) in [4.78, 5) is 24.5. The van der Waals surface area contributed by atoms with Gasteiger partial charge in [-0.25, -0.2) is 9.59 Å². The van der Waals surface area contributed by atoms with E-state index >= 15 is 0 Å². The molecule has 0 aliphatic carbocycles. The smallest absolute Gasteiger partial charge is 0.337 e. The maximum atomic E-state index is 12.1. The number of aliphatic hydroxyl groups is 1. The summed E-state index contributed by atoms with van der Waals surface area (Å²) in [5.41, 5.74) is -1.98. The van der Waals surface area contributed by atoms with E-state index in [0.717, 1.165) is 19.8 Å². The zero-order chi connectivity index (χ0) is 15.8. The third-order valence-electron chi connectivity index (χ3n) is 3.23. The summed E-state index contributed by atoms with van der Waals surface area (Å²) in [6.07, 6.45) is 1.59. The molecule has 0 heterocycles. The monoisotopic (exact) mass is 290 g/mol. The first-order valence-electron chi connectivity index (χ1n) is 6.79. The molecule has 0 aliphatic heterocycles. The Morgan fingerprint density at radius 1 is 1.35 bits per heavy atom. The molecule has 1 atom stereocenters. The van der Waals surface area contributed by atoms with Crippen molar-refractivity contribution in [2.75, 3.05) is 26.8 Å². The highest BCUT2D eigenvalue weighted by atomic mass is 16.5. The standard InChI is InChI=1S/C13H26N2O5/c1-5-10(6-2)15(7-8-20-4)12(18)14-9-13(3,19)11(16)17/h10,19H,5-9H2,1-4H3,(H,14,18)(H,16,17). The number of urea groups is 1. The molecule has 0 spiro atoms. The summed E-state index contributed by atoms with van der Waals surface area (Å²) < 4.78 is 4.98. The van der Waals surface area contributed by atoms with Crippen LogP contribution in [0.5, 0.6) is 0 Å². The summed E-state index contributed by atoms with van der Waals surface area (Å²) in [5.74, 6) is -1.37. The van der Waals surface area contributed by atoms with Gasteiger partial charge >= 0.3 is 12.0 Å². The number of nitrogens with one attached hydrogen (secondary N) is 1. The first kappa shape index (κ1) is 18.7. The van der Waals surface area contributed by atoms with Crippen molar-refractivity contribution in [1.29, 1.82) is 0 Å². The number of carbonyl (C=O) groups is 2. The molecule has 0 aromatic carbocycles. The Bertz CT molecular complexity index is 316. The molecule has 0 aliphatic rings. The van der Waals surface area contributed by atoms with E-state index < -0.39 is 17.6 Å². The molecule has 0 aromatic heterocycles. The summed E-state index contributed by atoms with van der Waals surface area (Å²) in [5, 5.41) is 20.9. The molecule has 2 amide bonds. The van der Waals surface area contributed by atoms with Crippen LogP contribution in [0.1, 0.15) is 33.6 Å². The molecule has 118 valence electrons. The van der Waals surface area contributed by atoms with Gasteiger partial charge in [0.2, 0.25) is 0 Å². The average molecular weight is 290 g/mol. The minimum absolute atomic E-state index is 0.0555. The molecule has 0 fully saturated rings. The van der Waals surface area contributed by atoms with Crippen LogP contribution in [0.15, 0.2) is 0 Å². The Hall–Kier alpha value is -1.34. The molecule has 0 saturated heterocycles. The van der Waals surface area contributed by atoms with Crippen LogP contribution in [-0.4, -0.2) is 65.6 Å². The number of rotatable bonds is 9. The highest BCUT2D eigenvalue weighted by Crippen LogP contribution is 2.09. The Kier molecular flexibility index (Phi) is 8.17. The van der Waals surface area contributed by atoms with Gasteiger partial charge < -0.3 is 25.2 Å². The Balaban J connectivity index is 4.66. The van der Waals surface area contributed by atoms with Crippen molar-refractivity contribution in [2.24, 2.45) is 0 Å². The van der Waals surface area contributed by atoms with Crippen LogP contribution in [0, 0.1) is 0 Å².